The van der Waals surface area contributed by atoms with Crippen LogP contribution in [0, 0.1) is 6.92 Å². The minimum absolute atomic E-state index is 0.0287. The molecule has 0 bridgehead atoms. The average molecular weight is 499 g/mol. The zero-order valence-electron chi connectivity index (χ0n) is 20.5. The fraction of sp³-hybridized carbons (Fsp3) is 0.207. The Labute approximate surface area is 213 Å². The molecule has 4 aromatic rings. The number of nitrogens with zero attached hydrogens (tertiary/aromatic N) is 2. The Hall–Kier alpha value is -3.97. The third-order valence-corrected chi connectivity index (χ3v) is 7.46. The van der Waals surface area contributed by atoms with Crippen LogP contribution in [0.15, 0.2) is 72.3 Å². The normalized spacial score (nSPS) is 17.4. The number of amides is 1. The third kappa shape index (κ3) is 4.05. The van der Waals surface area contributed by atoms with Crippen molar-refractivity contribution in [1.29, 1.82) is 0 Å². The van der Waals surface area contributed by atoms with Crippen molar-refractivity contribution in [3.8, 4) is 5.75 Å². The van der Waals surface area contributed by atoms with Gasteiger partial charge >= 0.3 is 5.91 Å². The molecule has 0 aliphatic carbocycles. The second-order valence-electron chi connectivity index (χ2n) is 9.19. The van der Waals surface area contributed by atoms with E-state index in [9.17, 15) is 14.7 Å². The van der Waals surface area contributed by atoms with Crippen molar-refractivity contribution in [3.63, 3.8) is 0 Å². The highest BCUT2D eigenvalue weighted by atomic mass is 32.1. The van der Waals surface area contributed by atoms with E-state index in [0.717, 1.165) is 26.9 Å². The largest absolute Gasteiger partial charge is 0.507 e. The molecule has 7 heteroatoms. The number of fused-ring (bicyclic) bond motifs is 1. The van der Waals surface area contributed by atoms with Crippen molar-refractivity contribution in [2.45, 2.75) is 32.7 Å². The molecule has 1 aliphatic rings. The number of aliphatic hydroxyl groups excluding tert-OH is 1. The summed E-state index contributed by atoms with van der Waals surface area (Å²) in [4.78, 5) is 33.0. The van der Waals surface area contributed by atoms with Crippen molar-refractivity contribution in [1.82, 2.24) is 4.98 Å². The molecule has 1 unspecified atom stereocenters. The molecule has 182 valence electrons. The highest BCUT2D eigenvalue weighted by Gasteiger charge is 2.48. The number of aryl methyl sites for hydroxylation is 1. The van der Waals surface area contributed by atoms with E-state index in [-0.39, 0.29) is 11.3 Å². The van der Waals surface area contributed by atoms with Crippen molar-refractivity contribution < 1.29 is 19.4 Å². The third-order valence-electron chi connectivity index (χ3n) is 6.45. The molecular formula is C29H26N2O4S. The molecule has 6 nitrogen and oxygen atoms in total. The monoisotopic (exact) mass is 498 g/mol. The Morgan fingerprint density at radius 3 is 2.50 bits per heavy atom. The lowest BCUT2D eigenvalue weighted by molar-refractivity contribution is -0.132. The summed E-state index contributed by atoms with van der Waals surface area (Å²) in [6, 6.07) is 19.7. The number of carbonyl (C=O) groups is 2. The molecule has 5 rings (SSSR count). The van der Waals surface area contributed by atoms with Crippen LogP contribution in [-0.2, 0) is 9.59 Å². The Balaban J connectivity index is 1.72. The van der Waals surface area contributed by atoms with Gasteiger partial charge in [-0.2, -0.15) is 0 Å². The second-order valence-corrected chi connectivity index (χ2v) is 10.2. The average Bonchev–Trinajstić information content (AvgIpc) is 3.41. The summed E-state index contributed by atoms with van der Waals surface area (Å²) in [6.45, 7) is 6.20. The van der Waals surface area contributed by atoms with Crippen LogP contribution in [0.1, 0.15) is 48.1 Å². The van der Waals surface area contributed by atoms with Gasteiger partial charge in [0.05, 0.1) is 28.9 Å². The molecule has 1 aliphatic heterocycles. The standard InChI is InChI=1S/C29H26N2O4S/c1-16(2)18-9-11-19(12-10-18)25-24(26(32)20-6-5-7-21(15-20)35-4)27(33)28(34)31(25)29-30-22-13-8-17(3)14-23(22)36-29/h5-16,25,32H,1-4H3/b26-24+. The van der Waals surface area contributed by atoms with Crippen molar-refractivity contribution in [3.05, 3.63) is 94.6 Å². The van der Waals surface area contributed by atoms with Gasteiger partial charge in [0.2, 0.25) is 0 Å². The number of ketones is 1. The van der Waals surface area contributed by atoms with E-state index >= 15 is 0 Å². The van der Waals surface area contributed by atoms with Gasteiger partial charge < -0.3 is 9.84 Å². The van der Waals surface area contributed by atoms with E-state index in [1.54, 1.807) is 24.3 Å². The second kappa shape index (κ2) is 9.24. The van der Waals surface area contributed by atoms with E-state index in [1.807, 2.05) is 49.4 Å². The Bertz CT molecular complexity index is 1520. The summed E-state index contributed by atoms with van der Waals surface area (Å²) in [6.07, 6.45) is 0. The summed E-state index contributed by atoms with van der Waals surface area (Å²) in [5.41, 5.74) is 4.12. The quantitative estimate of drug-likeness (QED) is 0.197. The zero-order valence-corrected chi connectivity index (χ0v) is 21.3. The molecule has 1 aromatic heterocycles. The lowest BCUT2D eigenvalue weighted by atomic mass is 9.93. The van der Waals surface area contributed by atoms with Gasteiger partial charge in [0, 0.05) is 5.56 Å². The first kappa shape index (κ1) is 23.8. The fourth-order valence-corrected chi connectivity index (χ4v) is 5.55. The maximum atomic E-state index is 13.5. The number of ether oxygens (including phenoxy) is 1. The summed E-state index contributed by atoms with van der Waals surface area (Å²) in [5.74, 6) is -0.844. The van der Waals surface area contributed by atoms with E-state index in [4.69, 9.17) is 4.74 Å². The number of hydrogen-bond acceptors (Lipinski definition) is 6. The van der Waals surface area contributed by atoms with E-state index < -0.39 is 17.7 Å². The van der Waals surface area contributed by atoms with E-state index in [2.05, 4.69) is 18.8 Å². The van der Waals surface area contributed by atoms with Crippen LogP contribution >= 0.6 is 11.3 Å². The number of thiazole rings is 1. The van der Waals surface area contributed by atoms with Crippen molar-refractivity contribution >= 4 is 44.1 Å². The molecule has 1 fully saturated rings. The Kier molecular flexibility index (Phi) is 6.10. The molecule has 1 saturated heterocycles. The van der Waals surface area contributed by atoms with Crippen LogP contribution in [0.4, 0.5) is 5.13 Å². The van der Waals surface area contributed by atoms with Gasteiger partial charge in [-0.25, -0.2) is 4.98 Å². The maximum absolute atomic E-state index is 13.5. The number of methoxy groups -OCH3 is 1. The smallest absolute Gasteiger partial charge is 0.301 e. The first-order valence-electron chi connectivity index (χ1n) is 11.7. The molecule has 0 radical (unpaired) electrons. The summed E-state index contributed by atoms with van der Waals surface area (Å²) in [7, 11) is 1.53. The first-order chi connectivity index (χ1) is 17.3. The first-order valence-corrected chi connectivity index (χ1v) is 12.5. The number of hydrogen-bond donors (Lipinski definition) is 1. The minimum Gasteiger partial charge on any atom is -0.507 e. The van der Waals surface area contributed by atoms with Crippen LogP contribution in [0.25, 0.3) is 16.0 Å². The van der Waals surface area contributed by atoms with Gasteiger partial charge in [-0.1, -0.05) is 67.6 Å². The lowest BCUT2D eigenvalue weighted by Gasteiger charge is -2.23. The molecule has 2 heterocycles. The number of carbonyl (C=O) groups excluding carboxylic acids is 2. The number of aromatic nitrogens is 1. The molecule has 1 amide bonds. The number of Topliss-reactive ketones (excluding diaryl/α,β-unsaturated/α-hetero) is 1. The molecule has 36 heavy (non-hydrogen) atoms. The van der Waals surface area contributed by atoms with Gasteiger partial charge in [0.25, 0.3) is 5.78 Å². The predicted octanol–water partition coefficient (Wildman–Crippen LogP) is 6.36. The van der Waals surface area contributed by atoms with Crippen LogP contribution in [0.3, 0.4) is 0 Å². The van der Waals surface area contributed by atoms with Gasteiger partial charge in [0.1, 0.15) is 11.5 Å². The van der Waals surface area contributed by atoms with Crippen LogP contribution in [-0.4, -0.2) is 28.9 Å². The molecule has 1 N–H and O–H groups in total. The van der Waals surface area contributed by atoms with Gasteiger partial charge in [-0.15, -0.1) is 0 Å². The summed E-state index contributed by atoms with van der Waals surface area (Å²) in [5, 5.41) is 11.8. The Morgan fingerprint density at radius 1 is 1.06 bits per heavy atom. The topological polar surface area (TPSA) is 79.7 Å². The molecular weight excluding hydrogens is 472 g/mol. The minimum atomic E-state index is -0.820. The highest BCUT2D eigenvalue weighted by molar-refractivity contribution is 7.22. The molecule has 0 spiro atoms. The van der Waals surface area contributed by atoms with Crippen LogP contribution in [0.5, 0.6) is 5.75 Å². The molecule has 0 saturated carbocycles. The SMILES string of the molecule is COc1cccc(/C(O)=C2\C(=O)C(=O)N(c3nc4ccc(C)cc4s3)C2c2ccc(C(C)C)cc2)c1. The van der Waals surface area contributed by atoms with Crippen molar-refractivity contribution in [2.75, 3.05) is 12.0 Å². The van der Waals surface area contributed by atoms with Crippen LogP contribution < -0.4 is 9.64 Å². The number of rotatable bonds is 5. The van der Waals surface area contributed by atoms with Gasteiger partial charge in [0.15, 0.2) is 5.13 Å². The number of anilines is 1. The summed E-state index contributed by atoms with van der Waals surface area (Å²) >= 11 is 1.35. The number of aliphatic hydroxyl groups is 1. The molecule has 3 aromatic carbocycles. The highest BCUT2D eigenvalue weighted by Crippen LogP contribution is 2.44. The maximum Gasteiger partial charge on any atom is 0.301 e. The Morgan fingerprint density at radius 2 is 1.81 bits per heavy atom. The number of benzene rings is 3. The van der Waals surface area contributed by atoms with Gasteiger partial charge in [-0.05, 0) is 53.8 Å². The van der Waals surface area contributed by atoms with Gasteiger partial charge in [-0.3, -0.25) is 14.5 Å². The van der Waals surface area contributed by atoms with E-state index in [0.29, 0.717) is 22.4 Å². The van der Waals surface area contributed by atoms with E-state index in [1.165, 1.54) is 23.3 Å². The van der Waals surface area contributed by atoms with Crippen molar-refractivity contribution in [2.24, 2.45) is 0 Å². The zero-order chi connectivity index (χ0) is 25.6. The fourth-order valence-electron chi connectivity index (χ4n) is 4.46. The lowest BCUT2D eigenvalue weighted by Crippen LogP contribution is -2.29. The molecule has 1 atom stereocenters. The summed E-state index contributed by atoms with van der Waals surface area (Å²) < 4.78 is 6.22. The predicted molar refractivity (Wildman–Crippen MR) is 143 cm³/mol. The van der Waals surface area contributed by atoms with Crippen LogP contribution in [0.2, 0.25) is 0 Å².